The molecule has 3 N–H and O–H groups in total. The fourth-order valence-electron chi connectivity index (χ4n) is 8.20. The van der Waals surface area contributed by atoms with E-state index in [0.29, 0.717) is 6.42 Å². The van der Waals surface area contributed by atoms with Crippen LogP contribution in [0.4, 0.5) is 0 Å². The third kappa shape index (κ3) is 51.7. The number of allylic oxidation sites excluding steroid dienone is 4. The topological polar surface area (TPSA) is 134 Å². The predicted molar refractivity (Wildman–Crippen MR) is 275 cm³/mol. The number of phosphoric ester groups is 1. The maximum Gasteiger partial charge on any atom is 0.472 e. The first-order valence-corrected chi connectivity index (χ1v) is 29.3. The summed E-state index contributed by atoms with van der Waals surface area (Å²) in [5.74, 6) is -0.830. The summed E-state index contributed by atoms with van der Waals surface area (Å²) in [6.07, 6.45) is 59.5. The smallest absolute Gasteiger partial charge is 0.462 e. The lowest BCUT2D eigenvalue weighted by molar-refractivity contribution is -0.161. The fourth-order valence-corrected chi connectivity index (χ4v) is 8.96. The van der Waals surface area contributed by atoms with Crippen molar-refractivity contribution in [1.82, 2.24) is 0 Å². The molecule has 9 nitrogen and oxygen atoms in total. The molecule has 2 atom stereocenters. The normalized spacial score (nSPS) is 13.2. The van der Waals surface area contributed by atoms with Crippen LogP contribution in [-0.2, 0) is 32.7 Å². The van der Waals surface area contributed by atoms with E-state index in [0.717, 1.165) is 57.8 Å². The molecular weight excluding hydrogens is 834 g/mol. The molecule has 2 unspecified atom stereocenters. The largest absolute Gasteiger partial charge is 0.472 e. The maximum atomic E-state index is 12.6. The Balaban J connectivity index is 3.90. The van der Waals surface area contributed by atoms with Gasteiger partial charge in [-0.25, -0.2) is 4.57 Å². The van der Waals surface area contributed by atoms with Crippen LogP contribution in [0.2, 0.25) is 0 Å². The number of hydrogen-bond donors (Lipinski definition) is 2. The number of carbonyl (C=O) groups excluding carboxylic acids is 2. The van der Waals surface area contributed by atoms with E-state index in [4.69, 9.17) is 24.3 Å². The van der Waals surface area contributed by atoms with Gasteiger partial charge in [-0.05, 0) is 44.9 Å². The quantitative estimate of drug-likeness (QED) is 0.0264. The highest BCUT2D eigenvalue weighted by Crippen LogP contribution is 2.43. The van der Waals surface area contributed by atoms with Gasteiger partial charge in [0, 0.05) is 19.4 Å². The van der Waals surface area contributed by atoms with Crippen molar-refractivity contribution >= 4 is 19.8 Å². The summed E-state index contributed by atoms with van der Waals surface area (Å²) in [6.45, 7) is 3.75. The van der Waals surface area contributed by atoms with Crippen LogP contribution in [0.3, 0.4) is 0 Å². The standard InChI is InChI=1S/C55H106NO8P/c1-3-5-7-9-11-13-15-17-19-21-22-23-24-25-26-27-28-29-30-31-32-34-35-37-39-41-43-45-47-54(57)61-51-53(52-63-65(59,60)62-50-49-56)64-55(58)48-46-44-42-40-38-36-33-20-18-16-14-12-10-8-6-4-2/h14,16,20,33,53H,3-13,15,17-19,21-32,34-52,56H2,1-2H3,(H,59,60)/b16-14-,33-20-. The van der Waals surface area contributed by atoms with Crippen LogP contribution in [0.1, 0.15) is 284 Å². The molecule has 0 saturated heterocycles. The summed E-state index contributed by atoms with van der Waals surface area (Å²) in [6, 6.07) is 0. The van der Waals surface area contributed by atoms with Gasteiger partial charge in [-0.15, -0.1) is 0 Å². The third-order valence-electron chi connectivity index (χ3n) is 12.3. The molecule has 0 aliphatic carbocycles. The molecule has 0 radical (unpaired) electrons. The van der Waals surface area contributed by atoms with Crippen molar-refractivity contribution in [3.05, 3.63) is 24.3 Å². The lowest BCUT2D eigenvalue weighted by Crippen LogP contribution is -2.29. The first-order chi connectivity index (χ1) is 31.8. The van der Waals surface area contributed by atoms with E-state index in [2.05, 4.69) is 38.2 Å². The average molecular weight is 940 g/mol. The molecule has 0 saturated carbocycles. The molecule has 10 heteroatoms. The fraction of sp³-hybridized carbons (Fsp3) is 0.891. The van der Waals surface area contributed by atoms with Gasteiger partial charge in [-0.1, -0.05) is 250 Å². The van der Waals surface area contributed by atoms with Gasteiger partial charge in [0.05, 0.1) is 13.2 Å². The van der Waals surface area contributed by atoms with Gasteiger partial charge in [-0.2, -0.15) is 0 Å². The predicted octanol–water partition coefficient (Wildman–Crippen LogP) is 17.1. The molecule has 0 heterocycles. The van der Waals surface area contributed by atoms with Crippen LogP contribution in [0.25, 0.3) is 0 Å². The Kier molecular flexibility index (Phi) is 50.7. The van der Waals surface area contributed by atoms with Crippen LogP contribution < -0.4 is 5.73 Å². The van der Waals surface area contributed by atoms with Crippen molar-refractivity contribution in [1.29, 1.82) is 0 Å². The zero-order valence-electron chi connectivity index (χ0n) is 42.7. The van der Waals surface area contributed by atoms with Crippen LogP contribution in [0.5, 0.6) is 0 Å². The third-order valence-corrected chi connectivity index (χ3v) is 13.3. The van der Waals surface area contributed by atoms with Crippen molar-refractivity contribution in [2.24, 2.45) is 5.73 Å². The first-order valence-electron chi connectivity index (χ1n) is 27.8. The molecule has 0 spiro atoms. The molecule has 0 aromatic rings. The monoisotopic (exact) mass is 940 g/mol. The SMILES string of the molecule is CCCCCC/C=C\C/C=C\CCCCCCCC(=O)OC(COC(=O)CCCCCCCCCCCCCCCCCCCCCCCCCCCCCC)COP(=O)(O)OCCN. The summed E-state index contributed by atoms with van der Waals surface area (Å²) in [5, 5.41) is 0. The number of nitrogens with two attached hydrogens (primary N) is 1. The summed E-state index contributed by atoms with van der Waals surface area (Å²) < 4.78 is 32.9. The van der Waals surface area contributed by atoms with E-state index in [-0.39, 0.29) is 38.6 Å². The Bertz CT molecular complexity index is 1120. The van der Waals surface area contributed by atoms with E-state index in [1.54, 1.807) is 0 Å². The second kappa shape index (κ2) is 51.9. The van der Waals surface area contributed by atoms with Crippen LogP contribution in [0, 0.1) is 0 Å². The Morgan fingerprint density at radius 3 is 1.18 bits per heavy atom. The van der Waals surface area contributed by atoms with E-state index in [1.807, 2.05) is 0 Å². The second-order valence-electron chi connectivity index (χ2n) is 18.8. The van der Waals surface area contributed by atoms with Gasteiger partial charge in [0.1, 0.15) is 6.61 Å². The molecule has 65 heavy (non-hydrogen) atoms. The van der Waals surface area contributed by atoms with Gasteiger partial charge >= 0.3 is 19.8 Å². The van der Waals surface area contributed by atoms with Gasteiger partial charge in [0.15, 0.2) is 6.10 Å². The zero-order chi connectivity index (χ0) is 47.4. The molecule has 0 bridgehead atoms. The van der Waals surface area contributed by atoms with E-state index in [9.17, 15) is 19.0 Å². The number of esters is 2. The van der Waals surface area contributed by atoms with E-state index in [1.165, 1.54) is 193 Å². The minimum Gasteiger partial charge on any atom is -0.462 e. The number of carbonyl (C=O) groups is 2. The van der Waals surface area contributed by atoms with Crippen molar-refractivity contribution in [2.75, 3.05) is 26.4 Å². The van der Waals surface area contributed by atoms with Gasteiger partial charge in [0.25, 0.3) is 0 Å². The van der Waals surface area contributed by atoms with Gasteiger partial charge < -0.3 is 20.1 Å². The van der Waals surface area contributed by atoms with Crippen molar-refractivity contribution < 1.29 is 37.6 Å². The zero-order valence-corrected chi connectivity index (χ0v) is 43.6. The Morgan fingerprint density at radius 2 is 0.800 bits per heavy atom. The molecule has 0 aromatic heterocycles. The second-order valence-corrected chi connectivity index (χ2v) is 20.3. The average Bonchev–Trinajstić information content (AvgIpc) is 3.30. The van der Waals surface area contributed by atoms with Crippen LogP contribution in [0.15, 0.2) is 24.3 Å². The first kappa shape index (κ1) is 63.5. The van der Waals surface area contributed by atoms with Gasteiger partial charge in [-0.3, -0.25) is 18.6 Å². The number of hydrogen-bond acceptors (Lipinski definition) is 8. The molecule has 0 amide bonds. The molecule has 0 aromatic carbocycles. The minimum absolute atomic E-state index is 0.0528. The highest BCUT2D eigenvalue weighted by Gasteiger charge is 2.26. The lowest BCUT2D eigenvalue weighted by atomic mass is 10.0. The van der Waals surface area contributed by atoms with Crippen molar-refractivity contribution in [3.8, 4) is 0 Å². The Labute approximate surface area is 402 Å². The van der Waals surface area contributed by atoms with Crippen LogP contribution >= 0.6 is 7.82 Å². The molecule has 384 valence electrons. The number of ether oxygens (including phenoxy) is 2. The van der Waals surface area contributed by atoms with Gasteiger partial charge in [0.2, 0.25) is 0 Å². The highest BCUT2D eigenvalue weighted by molar-refractivity contribution is 7.47. The Hall–Kier alpha value is -1.51. The number of unbranched alkanes of at least 4 members (excludes halogenated alkanes) is 36. The highest BCUT2D eigenvalue weighted by atomic mass is 31.2. The van der Waals surface area contributed by atoms with Crippen LogP contribution in [-0.4, -0.2) is 49.3 Å². The summed E-state index contributed by atoms with van der Waals surface area (Å²) >= 11 is 0. The molecule has 0 rings (SSSR count). The molecule has 0 aliphatic heterocycles. The van der Waals surface area contributed by atoms with Crippen molar-refractivity contribution in [2.45, 2.75) is 290 Å². The minimum atomic E-state index is -4.38. The van der Waals surface area contributed by atoms with Crippen molar-refractivity contribution in [3.63, 3.8) is 0 Å². The Morgan fingerprint density at radius 1 is 0.462 bits per heavy atom. The summed E-state index contributed by atoms with van der Waals surface area (Å²) in [5.41, 5.74) is 5.37. The molecular formula is C55H106NO8P. The lowest BCUT2D eigenvalue weighted by Gasteiger charge is -2.19. The van der Waals surface area contributed by atoms with E-state index >= 15 is 0 Å². The summed E-state index contributed by atoms with van der Waals surface area (Å²) in [7, 11) is -4.38. The molecule has 0 fully saturated rings. The molecule has 0 aliphatic rings. The number of phosphoric acid groups is 1. The van der Waals surface area contributed by atoms with E-state index < -0.39 is 26.5 Å². The maximum absolute atomic E-state index is 12.6. The number of rotatable bonds is 53. The summed E-state index contributed by atoms with van der Waals surface area (Å²) in [4.78, 5) is 35.1.